The SMILES string of the molecule is O=C(O)c1csc(CC2CCCN(Cc3ccc(Cl)o3)C2)n1. The Hall–Kier alpha value is -1.37. The molecule has 1 aliphatic rings. The number of thiazole rings is 1. The van der Waals surface area contributed by atoms with E-state index in [1.54, 1.807) is 11.4 Å². The zero-order valence-electron chi connectivity index (χ0n) is 12.0. The number of carboxylic acids is 1. The first kappa shape index (κ1) is 15.5. The molecule has 3 rings (SSSR count). The lowest BCUT2D eigenvalue weighted by Gasteiger charge is -2.31. The van der Waals surface area contributed by atoms with E-state index in [2.05, 4.69) is 9.88 Å². The molecule has 5 nitrogen and oxygen atoms in total. The quantitative estimate of drug-likeness (QED) is 0.901. The zero-order valence-corrected chi connectivity index (χ0v) is 13.6. The summed E-state index contributed by atoms with van der Waals surface area (Å²) in [6.45, 7) is 2.79. The summed E-state index contributed by atoms with van der Waals surface area (Å²) < 4.78 is 5.42. The van der Waals surface area contributed by atoms with Gasteiger partial charge < -0.3 is 9.52 Å². The molecule has 0 radical (unpaired) electrons. The number of aromatic carboxylic acids is 1. The minimum Gasteiger partial charge on any atom is -0.476 e. The van der Waals surface area contributed by atoms with E-state index >= 15 is 0 Å². The van der Waals surface area contributed by atoms with Gasteiger partial charge in [-0.1, -0.05) is 0 Å². The van der Waals surface area contributed by atoms with Crippen LogP contribution in [0, 0.1) is 5.92 Å². The van der Waals surface area contributed by atoms with Gasteiger partial charge in [0.15, 0.2) is 10.9 Å². The highest BCUT2D eigenvalue weighted by molar-refractivity contribution is 7.09. The van der Waals surface area contributed by atoms with Gasteiger partial charge in [-0.05, 0) is 49.0 Å². The fraction of sp³-hybridized carbons (Fsp3) is 0.467. The fourth-order valence-corrected chi connectivity index (χ4v) is 3.91. The van der Waals surface area contributed by atoms with Gasteiger partial charge in [0.2, 0.25) is 0 Å². The minimum atomic E-state index is -0.956. The number of halogens is 1. The summed E-state index contributed by atoms with van der Waals surface area (Å²) in [4.78, 5) is 17.4. The molecule has 118 valence electrons. The van der Waals surface area contributed by atoms with Crippen LogP contribution in [-0.4, -0.2) is 34.0 Å². The van der Waals surface area contributed by atoms with Crippen molar-refractivity contribution in [2.45, 2.75) is 25.8 Å². The molecule has 0 amide bonds. The van der Waals surface area contributed by atoms with Crippen molar-refractivity contribution in [1.82, 2.24) is 9.88 Å². The van der Waals surface area contributed by atoms with Crippen molar-refractivity contribution in [2.75, 3.05) is 13.1 Å². The van der Waals surface area contributed by atoms with Crippen LogP contribution in [0.15, 0.2) is 21.9 Å². The van der Waals surface area contributed by atoms with Crippen molar-refractivity contribution >= 4 is 28.9 Å². The molecule has 2 aromatic rings. The number of likely N-dealkylation sites (tertiary alicyclic amines) is 1. The number of carbonyl (C=O) groups is 1. The van der Waals surface area contributed by atoms with E-state index in [-0.39, 0.29) is 5.69 Å². The Bertz CT molecular complexity index is 655. The highest BCUT2D eigenvalue weighted by atomic mass is 35.5. The Morgan fingerprint density at radius 3 is 3.09 bits per heavy atom. The molecular weight excluding hydrogens is 324 g/mol. The van der Waals surface area contributed by atoms with Crippen molar-refractivity contribution in [3.8, 4) is 0 Å². The van der Waals surface area contributed by atoms with Gasteiger partial charge in [-0.15, -0.1) is 11.3 Å². The molecule has 0 bridgehead atoms. The Kier molecular flexibility index (Phi) is 4.81. The van der Waals surface area contributed by atoms with Crippen LogP contribution in [0.4, 0.5) is 0 Å². The van der Waals surface area contributed by atoms with E-state index in [9.17, 15) is 4.79 Å². The van der Waals surface area contributed by atoms with Crippen LogP contribution in [0.1, 0.15) is 34.1 Å². The summed E-state index contributed by atoms with van der Waals surface area (Å²) in [6, 6.07) is 3.67. The van der Waals surface area contributed by atoms with Crippen molar-refractivity contribution in [3.63, 3.8) is 0 Å². The van der Waals surface area contributed by atoms with Gasteiger partial charge in [0.25, 0.3) is 0 Å². The number of aromatic nitrogens is 1. The number of piperidine rings is 1. The van der Waals surface area contributed by atoms with Crippen LogP contribution in [-0.2, 0) is 13.0 Å². The monoisotopic (exact) mass is 340 g/mol. The summed E-state index contributed by atoms with van der Waals surface area (Å²) in [5.41, 5.74) is 0.151. The molecule has 0 aliphatic carbocycles. The second kappa shape index (κ2) is 6.81. The first-order valence-corrected chi connectivity index (χ1v) is 8.50. The smallest absolute Gasteiger partial charge is 0.355 e. The van der Waals surface area contributed by atoms with Gasteiger partial charge in [0, 0.05) is 18.3 Å². The summed E-state index contributed by atoms with van der Waals surface area (Å²) in [5.74, 6) is 0.433. The van der Waals surface area contributed by atoms with Crippen molar-refractivity contribution < 1.29 is 14.3 Å². The molecular formula is C15H17ClN2O3S. The van der Waals surface area contributed by atoms with Gasteiger partial charge in [-0.25, -0.2) is 9.78 Å². The zero-order chi connectivity index (χ0) is 15.5. The summed E-state index contributed by atoms with van der Waals surface area (Å²) >= 11 is 7.24. The maximum absolute atomic E-state index is 10.9. The van der Waals surface area contributed by atoms with Crippen molar-refractivity contribution in [3.05, 3.63) is 39.2 Å². The number of nitrogens with zero attached hydrogens (tertiary/aromatic N) is 2. The number of carboxylic acid groups (broad SMARTS) is 1. The van der Waals surface area contributed by atoms with Crippen LogP contribution in [0.5, 0.6) is 0 Å². The normalized spacial score (nSPS) is 19.4. The van der Waals surface area contributed by atoms with Gasteiger partial charge in [0.05, 0.1) is 11.6 Å². The topological polar surface area (TPSA) is 66.6 Å². The van der Waals surface area contributed by atoms with E-state index in [4.69, 9.17) is 21.1 Å². The molecule has 1 atom stereocenters. The van der Waals surface area contributed by atoms with E-state index in [0.29, 0.717) is 11.1 Å². The molecule has 7 heteroatoms. The van der Waals surface area contributed by atoms with Gasteiger partial charge in [-0.2, -0.15) is 0 Å². The Balaban J connectivity index is 1.56. The molecule has 0 saturated carbocycles. The van der Waals surface area contributed by atoms with Crippen molar-refractivity contribution in [2.24, 2.45) is 5.92 Å². The average molecular weight is 341 g/mol. The van der Waals surface area contributed by atoms with Gasteiger partial charge in [0.1, 0.15) is 5.76 Å². The molecule has 1 fully saturated rings. The predicted molar refractivity (Wildman–Crippen MR) is 84.5 cm³/mol. The van der Waals surface area contributed by atoms with Crippen LogP contribution < -0.4 is 0 Å². The molecule has 1 saturated heterocycles. The fourth-order valence-electron chi connectivity index (χ4n) is 2.87. The average Bonchev–Trinajstić information content (AvgIpc) is 3.09. The summed E-state index contributed by atoms with van der Waals surface area (Å²) in [7, 11) is 0. The number of hydrogen-bond acceptors (Lipinski definition) is 5. The van der Waals surface area contributed by atoms with Crippen molar-refractivity contribution in [1.29, 1.82) is 0 Å². The maximum atomic E-state index is 10.9. The van der Waals surface area contributed by atoms with Crippen LogP contribution in [0.3, 0.4) is 0 Å². The predicted octanol–water partition coefficient (Wildman–Crippen LogP) is 3.54. The lowest BCUT2D eigenvalue weighted by molar-refractivity contribution is 0.0691. The Morgan fingerprint density at radius 2 is 2.41 bits per heavy atom. The largest absolute Gasteiger partial charge is 0.476 e. The lowest BCUT2D eigenvalue weighted by Crippen LogP contribution is -2.35. The third kappa shape index (κ3) is 3.88. The molecule has 3 heterocycles. The Labute approximate surface area is 137 Å². The Morgan fingerprint density at radius 1 is 1.55 bits per heavy atom. The van der Waals surface area contributed by atoms with E-state index in [1.807, 2.05) is 6.07 Å². The molecule has 2 aromatic heterocycles. The molecule has 0 aromatic carbocycles. The van der Waals surface area contributed by atoms with Gasteiger partial charge in [-0.3, -0.25) is 4.90 Å². The standard InChI is InChI=1S/C15H17ClN2O3S/c16-13-4-3-11(21-13)8-18-5-1-2-10(7-18)6-14-17-12(9-22-14)15(19)20/h3-4,9-10H,1-2,5-8H2,(H,19,20). The molecule has 0 spiro atoms. The first-order chi connectivity index (χ1) is 10.6. The molecule has 1 unspecified atom stereocenters. The number of hydrogen-bond donors (Lipinski definition) is 1. The van der Waals surface area contributed by atoms with Crippen LogP contribution >= 0.6 is 22.9 Å². The van der Waals surface area contributed by atoms with E-state index < -0.39 is 5.97 Å². The lowest BCUT2D eigenvalue weighted by atomic mass is 9.95. The maximum Gasteiger partial charge on any atom is 0.355 e. The molecule has 1 aliphatic heterocycles. The van der Waals surface area contributed by atoms with E-state index in [0.717, 1.165) is 49.7 Å². The third-order valence-electron chi connectivity index (χ3n) is 3.85. The minimum absolute atomic E-state index is 0.151. The van der Waals surface area contributed by atoms with Crippen LogP contribution in [0.2, 0.25) is 5.22 Å². The second-order valence-corrected chi connectivity index (χ2v) is 6.90. The second-order valence-electron chi connectivity index (χ2n) is 5.58. The molecule has 22 heavy (non-hydrogen) atoms. The van der Waals surface area contributed by atoms with E-state index in [1.165, 1.54) is 11.3 Å². The highest BCUT2D eigenvalue weighted by Crippen LogP contribution is 2.24. The molecule has 1 N–H and O–H groups in total. The number of furan rings is 1. The summed E-state index contributed by atoms with van der Waals surface area (Å²) in [5, 5.41) is 11.9. The van der Waals surface area contributed by atoms with Crippen LogP contribution in [0.25, 0.3) is 0 Å². The first-order valence-electron chi connectivity index (χ1n) is 7.24. The third-order valence-corrected chi connectivity index (χ3v) is 4.92. The number of rotatable bonds is 5. The van der Waals surface area contributed by atoms with Gasteiger partial charge >= 0.3 is 5.97 Å². The summed E-state index contributed by atoms with van der Waals surface area (Å²) in [6.07, 6.45) is 3.13. The highest BCUT2D eigenvalue weighted by Gasteiger charge is 2.22.